The fourth-order valence-corrected chi connectivity index (χ4v) is 2.76. The van der Waals surface area contributed by atoms with Crippen molar-refractivity contribution in [3.05, 3.63) is 23.2 Å². The number of carboxylic acids is 1. The van der Waals surface area contributed by atoms with Crippen molar-refractivity contribution >= 4 is 40.4 Å². The van der Waals surface area contributed by atoms with Gasteiger partial charge in [-0.3, -0.25) is 4.79 Å². The molecule has 1 aromatic carbocycles. The van der Waals surface area contributed by atoms with E-state index >= 15 is 0 Å². The third-order valence-corrected chi connectivity index (χ3v) is 3.74. The minimum Gasteiger partial charge on any atom is -0.481 e. The van der Waals surface area contributed by atoms with Crippen molar-refractivity contribution in [1.29, 1.82) is 0 Å². The van der Waals surface area contributed by atoms with E-state index in [1.165, 1.54) is 11.8 Å². The molecule has 1 heterocycles. The largest absolute Gasteiger partial charge is 0.481 e. The predicted octanol–water partition coefficient (Wildman–Crippen LogP) is 3.52. The number of carbonyl (C=O) groups is 1. The molecule has 0 atom stereocenters. The molecule has 0 aliphatic heterocycles. The van der Waals surface area contributed by atoms with Crippen molar-refractivity contribution in [2.75, 3.05) is 5.75 Å². The number of hydrogen-bond acceptors (Lipinski definition) is 3. The van der Waals surface area contributed by atoms with Crippen molar-refractivity contribution in [2.24, 2.45) is 5.92 Å². The van der Waals surface area contributed by atoms with E-state index in [2.05, 4.69) is 18.8 Å². The summed E-state index contributed by atoms with van der Waals surface area (Å²) in [7, 11) is 0. The Morgan fingerprint density at radius 3 is 2.89 bits per heavy atom. The highest BCUT2D eigenvalue weighted by Gasteiger charge is 2.14. The molecule has 0 bridgehead atoms. The van der Waals surface area contributed by atoms with Gasteiger partial charge < -0.3 is 9.67 Å². The minimum absolute atomic E-state index is 0.00908. The molecule has 0 fully saturated rings. The maximum absolute atomic E-state index is 10.7. The maximum atomic E-state index is 10.7. The Hall–Kier alpha value is -1.20. The van der Waals surface area contributed by atoms with Gasteiger partial charge in [0.1, 0.15) is 0 Å². The van der Waals surface area contributed by atoms with Crippen LogP contribution in [0.2, 0.25) is 5.02 Å². The van der Waals surface area contributed by atoms with Gasteiger partial charge in [0, 0.05) is 11.6 Å². The Kier molecular flexibility index (Phi) is 4.37. The number of hydrogen-bond donors (Lipinski definition) is 1. The third kappa shape index (κ3) is 3.42. The van der Waals surface area contributed by atoms with E-state index in [1.54, 1.807) is 6.07 Å². The normalized spacial score (nSPS) is 11.4. The lowest BCUT2D eigenvalue weighted by Crippen LogP contribution is -2.07. The van der Waals surface area contributed by atoms with Crippen molar-refractivity contribution in [2.45, 2.75) is 25.5 Å². The topological polar surface area (TPSA) is 55.1 Å². The smallest absolute Gasteiger partial charge is 0.313 e. The predicted molar refractivity (Wildman–Crippen MR) is 77.9 cm³/mol. The van der Waals surface area contributed by atoms with E-state index in [0.717, 1.165) is 22.7 Å². The summed E-state index contributed by atoms with van der Waals surface area (Å²) in [5, 5.41) is 10.2. The number of benzene rings is 1. The molecule has 6 heteroatoms. The fraction of sp³-hybridized carbons (Fsp3) is 0.385. The van der Waals surface area contributed by atoms with Crippen LogP contribution >= 0.6 is 23.4 Å². The Labute approximate surface area is 120 Å². The van der Waals surface area contributed by atoms with E-state index in [-0.39, 0.29) is 5.75 Å². The van der Waals surface area contributed by atoms with Crippen LogP contribution in [0.1, 0.15) is 13.8 Å². The summed E-state index contributed by atoms with van der Waals surface area (Å²) in [4.78, 5) is 15.2. The summed E-state index contributed by atoms with van der Waals surface area (Å²) in [5.41, 5.74) is 1.80. The first kappa shape index (κ1) is 14.2. The molecule has 4 nitrogen and oxygen atoms in total. The van der Waals surface area contributed by atoms with Crippen LogP contribution in [0.25, 0.3) is 11.0 Å². The Balaban J connectivity index is 2.45. The lowest BCUT2D eigenvalue weighted by Gasteiger charge is -2.10. The minimum atomic E-state index is -0.841. The van der Waals surface area contributed by atoms with Crippen molar-refractivity contribution in [3.63, 3.8) is 0 Å². The Bertz CT molecular complexity index is 610. The van der Waals surface area contributed by atoms with Crippen molar-refractivity contribution < 1.29 is 9.90 Å². The standard InChI is InChI=1S/C13H15ClN2O2S/c1-8(2)6-16-11-5-9(14)3-4-10(11)15-13(16)19-7-12(17)18/h3-5,8H,6-7H2,1-2H3,(H,17,18). The van der Waals surface area contributed by atoms with E-state index in [0.29, 0.717) is 10.9 Å². The number of rotatable bonds is 5. The Morgan fingerprint density at radius 2 is 2.26 bits per heavy atom. The highest BCUT2D eigenvalue weighted by Crippen LogP contribution is 2.27. The van der Waals surface area contributed by atoms with Crippen LogP contribution in [0.4, 0.5) is 0 Å². The van der Waals surface area contributed by atoms with Gasteiger partial charge in [-0.1, -0.05) is 37.2 Å². The summed E-state index contributed by atoms with van der Waals surface area (Å²) in [6.45, 7) is 5.02. The molecule has 19 heavy (non-hydrogen) atoms. The van der Waals surface area contributed by atoms with Crippen LogP contribution in [0, 0.1) is 5.92 Å². The van der Waals surface area contributed by atoms with Crippen molar-refractivity contribution in [3.8, 4) is 0 Å². The number of thioether (sulfide) groups is 1. The van der Waals surface area contributed by atoms with Gasteiger partial charge in [0.25, 0.3) is 0 Å². The SMILES string of the molecule is CC(C)Cn1c(SCC(=O)O)nc2ccc(Cl)cc21. The lowest BCUT2D eigenvalue weighted by atomic mass is 10.2. The second kappa shape index (κ2) is 5.84. The number of aliphatic carboxylic acids is 1. The molecule has 0 amide bonds. The molecule has 0 spiro atoms. The monoisotopic (exact) mass is 298 g/mol. The molecule has 0 aliphatic rings. The van der Waals surface area contributed by atoms with Gasteiger partial charge in [-0.05, 0) is 24.1 Å². The van der Waals surface area contributed by atoms with Crippen LogP contribution in [0.3, 0.4) is 0 Å². The van der Waals surface area contributed by atoms with E-state index in [1.807, 2.05) is 16.7 Å². The Morgan fingerprint density at radius 1 is 1.53 bits per heavy atom. The van der Waals surface area contributed by atoms with Gasteiger partial charge in [-0.25, -0.2) is 4.98 Å². The van der Waals surface area contributed by atoms with Crippen LogP contribution in [0.5, 0.6) is 0 Å². The molecule has 0 saturated heterocycles. The quantitative estimate of drug-likeness (QED) is 0.858. The summed E-state index contributed by atoms with van der Waals surface area (Å²) in [6, 6.07) is 5.53. The molecule has 2 rings (SSSR count). The van der Waals surface area contributed by atoms with Gasteiger partial charge >= 0.3 is 5.97 Å². The van der Waals surface area contributed by atoms with Crippen LogP contribution in [0.15, 0.2) is 23.4 Å². The van der Waals surface area contributed by atoms with Crippen molar-refractivity contribution in [1.82, 2.24) is 9.55 Å². The first-order valence-electron chi connectivity index (χ1n) is 5.97. The number of aromatic nitrogens is 2. The van der Waals surface area contributed by atoms with Crippen LogP contribution < -0.4 is 0 Å². The number of carboxylic acid groups (broad SMARTS) is 1. The highest BCUT2D eigenvalue weighted by atomic mass is 35.5. The molecule has 0 radical (unpaired) electrons. The van der Waals surface area contributed by atoms with Crippen LogP contribution in [-0.4, -0.2) is 26.4 Å². The van der Waals surface area contributed by atoms with E-state index in [9.17, 15) is 4.79 Å². The number of nitrogens with zero attached hydrogens (tertiary/aromatic N) is 2. The molecule has 0 saturated carbocycles. The fourth-order valence-electron chi connectivity index (χ4n) is 1.85. The molecule has 102 valence electrons. The number of fused-ring (bicyclic) bond motifs is 1. The third-order valence-electron chi connectivity index (χ3n) is 2.55. The second-order valence-corrected chi connectivity index (χ2v) is 6.09. The number of halogens is 1. The van der Waals surface area contributed by atoms with E-state index in [4.69, 9.17) is 16.7 Å². The first-order chi connectivity index (χ1) is 8.97. The van der Waals surface area contributed by atoms with Gasteiger partial charge in [0.05, 0.1) is 16.8 Å². The van der Waals surface area contributed by atoms with Gasteiger partial charge in [-0.15, -0.1) is 0 Å². The summed E-state index contributed by atoms with van der Waals surface area (Å²) in [6.07, 6.45) is 0. The molecule has 0 aliphatic carbocycles. The van der Waals surface area contributed by atoms with E-state index < -0.39 is 5.97 Å². The second-order valence-electron chi connectivity index (χ2n) is 4.71. The zero-order valence-corrected chi connectivity index (χ0v) is 12.3. The zero-order valence-electron chi connectivity index (χ0n) is 10.8. The molecular formula is C13H15ClN2O2S. The average Bonchev–Trinajstić information content (AvgIpc) is 2.64. The van der Waals surface area contributed by atoms with Gasteiger partial charge in [-0.2, -0.15) is 0 Å². The molecular weight excluding hydrogens is 284 g/mol. The maximum Gasteiger partial charge on any atom is 0.313 e. The zero-order chi connectivity index (χ0) is 14.0. The average molecular weight is 299 g/mol. The summed E-state index contributed by atoms with van der Waals surface area (Å²) < 4.78 is 2.04. The molecule has 1 aromatic heterocycles. The molecule has 0 unspecified atom stereocenters. The molecule has 2 aromatic rings. The first-order valence-corrected chi connectivity index (χ1v) is 7.34. The lowest BCUT2D eigenvalue weighted by molar-refractivity contribution is -0.133. The van der Waals surface area contributed by atoms with Gasteiger partial charge in [0.15, 0.2) is 5.16 Å². The van der Waals surface area contributed by atoms with Crippen LogP contribution in [-0.2, 0) is 11.3 Å². The number of imidazole rings is 1. The summed E-state index contributed by atoms with van der Waals surface area (Å²) in [5.74, 6) is -0.387. The van der Waals surface area contributed by atoms with Gasteiger partial charge in [0.2, 0.25) is 0 Å². The molecule has 1 N–H and O–H groups in total. The summed E-state index contributed by atoms with van der Waals surface area (Å²) >= 11 is 7.26. The highest BCUT2D eigenvalue weighted by molar-refractivity contribution is 7.99.